The van der Waals surface area contributed by atoms with Crippen LogP contribution in [0.25, 0.3) is 0 Å². The number of carbonyl (C=O) groups is 3. The third-order valence-electron chi connectivity index (χ3n) is 9.68. The van der Waals surface area contributed by atoms with Crippen molar-refractivity contribution in [2.24, 2.45) is 11.8 Å². The second-order valence-electron chi connectivity index (χ2n) is 14.2. The maximum absolute atomic E-state index is 13.7. The second kappa shape index (κ2) is 32.6. The summed E-state index contributed by atoms with van der Waals surface area (Å²) in [6, 6.07) is 0. The van der Waals surface area contributed by atoms with E-state index in [0.717, 1.165) is 90.6 Å². The molecule has 0 bridgehead atoms. The summed E-state index contributed by atoms with van der Waals surface area (Å²) in [7, 11) is 0. The van der Waals surface area contributed by atoms with Crippen molar-refractivity contribution in [2.75, 3.05) is 57.5 Å². The number of carbonyl (C=O) groups excluding carboxylic acids is 3. The third-order valence-corrected chi connectivity index (χ3v) is 10.8. The normalized spacial score (nSPS) is 14.9. The molecule has 0 aromatic carbocycles. The summed E-state index contributed by atoms with van der Waals surface area (Å²) < 4.78 is 17.2. The van der Waals surface area contributed by atoms with Crippen molar-refractivity contribution < 1.29 is 28.6 Å². The zero-order valence-corrected chi connectivity index (χ0v) is 33.1. The number of rotatable bonds is 33. The van der Waals surface area contributed by atoms with Gasteiger partial charge in [0, 0.05) is 37.6 Å². The van der Waals surface area contributed by atoms with Gasteiger partial charge in [-0.25, -0.2) is 0 Å². The first-order valence-electron chi connectivity index (χ1n) is 20.4. The topological polar surface area (TPSA) is 94.2 Å². The van der Waals surface area contributed by atoms with Crippen molar-refractivity contribution in [1.82, 2.24) is 10.2 Å². The molecule has 1 heterocycles. The minimum atomic E-state index is -0.532. The summed E-state index contributed by atoms with van der Waals surface area (Å²) >= 11 is 1.55. The summed E-state index contributed by atoms with van der Waals surface area (Å²) in [5.74, 6) is 0.361. The van der Waals surface area contributed by atoms with Crippen LogP contribution in [0.3, 0.4) is 0 Å². The molecule has 1 saturated heterocycles. The molecule has 1 N–H and O–H groups in total. The van der Waals surface area contributed by atoms with Gasteiger partial charge in [-0.05, 0) is 51.0 Å². The molecule has 8 nitrogen and oxygen atoms in total. The molecular weight excluding hydrogens is 637 g/mol. The molecule has 0 aromatic rings. The largest absolute Gasteiger partial charge is 0.465 e. The van der Waals surface area contributed by atoms with E-state index >= 15 is 0 Å². The van der Waals surface area contributed by atoms with Crippen LogP contribution < -0.4 is 5.32 Å². The van der Waals surface area contributed by atoms with Crippen LogP contribution in [-0.2, 0) is 28.6 Å². The smallest absolute Gasteiger partial charge is 0.310 e. The summed E-state index contributed by atoms with van der Waals surface area (Å²) in [5.41, 5.74) is 0. The molecule has 2 atom stereocenters. The van der Waals surface area contributed by atoms with Crippen LogP contribution in [-0.4, -0.2) is 86.4 Å². The first-order chi connectivity index (χ1) is 23.9. The van der Waals surface area contributed by atoms with Gasteiger partial charge in [0.05, 0.1) is 32.2 Å². The van der Waals surface area contributed by atoms with E-state index in [1.807, 2.05) is 0 Å². The van der Waals surface area contributed by atoms with Gasteiger partial charge in [-0.1, -0.05) is 111 Å². The minimum absolute atomic E-state index is 0.0943. The van der Waals surface area contributed by atoms with E-state index in [1.165, 1.54) is 64.2 Å². The van der Waals surface area contributed by atoms with Crippen LogP contribution >= 0.6 is 11.8 Å². The lowest BCUT2D eigenvalue weighted by molar-refractivity contribution is -0.155. The molecule has 0 spiro atoms. The van der Waals surface area contributed by atoms with E-state index in [9.17, 15) is 14.4 Å². The number of amides is 1. The molecule has 0 saturated carbocycles. The van der Waals surface area contributed by atoms with Gasteiger partial charge in [0.2, 0.25) is 5.91 Å². The quantitative estimate of drug-likeness (QED) is 0.0532. The van der Waals surface area contributed by atoms with Crippen LogP contribution in [0.2, 0.25) is 0 Å². The maximum atomic E-state index is 13.7. The summed E-state index contributed by atoms with van der Waals surface area (Å²) in [5, 5.41) is 3.05. The highest BCUT2D eigenvalue weighted by atomic mass is 32.2. The Labute approximate surface area is 305 Å². The van der Waals surface area contributed by atoms with E-state index in [2.05, 4.69) is 37.9 Å². The molecule has 0 aliphatic carbocycles. The Kier molecular flexibility index (Phi) is 30.4. The lowest BCUT2D eigenvalue weighted by atomic mass is 10.0. The van der Waals surface area contributed by atoms with Crippen molar-refractivity contribution in [3.63, 3.8) is 0 Å². The number of nitrogens with zero attached hydrogens (tertiary/aromatic N) is 1. The summed E-state index contributed by atoms with van der Waals surface area (Å²) in [6.45, 7) is 14.2. The first-order valence-corrected chi connectivity index (χ1v) is 21.6. The fourth-order valence-corrected chi connectivity index (χ4v) is 7.27. The molecule has 1 aliphatic rings. The number of unbranched alkanes of at least 4 members (excludes halogenated alkanes) is 11. The van der Waals surface area contributed by atoms with Gasteiger partial charge in [0.25, 0.3) is 0 Å². The molecule has 1 fully saturated rings. The van der Waals surface area contributed by atoms with Gasteiger partial charge in [0.1, 0.15) is 6.10 Å². The van der Waals surface area contributed by atoms with Gasteiger partial charge in [-0.2, -0.15) is 11.8 Å². The highest BCUT2D eigenvalue weighted by Gasteiger charge is 2.26. The Balaban J connectivity index is 2.70. The lowest BCUT2D eigenvalue weighted by Gasteiger charge is -2.26. The average molecular weight is 713 g/mol. The van der Waals surface area contributed by atoms with Crippen LogP contribution in [0.4, 0.5) is 0 Å². The molecule has 0 radical (unpaired) electrons. The Morgan fingerprint density at radius 3 is 2.00 bits per heavy atom. The van der Waals surface area contributed by atoms with E-state index < -0.39 is 5.92 Å². The van der Waals surface area contributed by atoms with Gasteiger partial charge >= 0.3 is 11.9 Å². The monoisotopic (exact) mass is 713 g/mol. The molecule has 9 heteroatoms. The van der Waals surface area contributed by atoms with Gasteiger partial charge < -0.3 is 19.5 Å². The van der Waals surface area contributed by atoms with Gasteiger partial charge in [-0.15, -0.1) is 0 Å². The van der Waals surface area contributed by atoms with E-state index in [1.54, 1.807) is 11.8 Å². The minimum Gasteiger partial charge on any atom is -0.465 e. The number of morpholine rings is 1. The second-order valence-corrected chi connectivity index (χ2v) is 15.3. The van der Waals surface area contributed by atoms with Crippen molar-refractivity contribution in [3.05, 3.63) is 0 Å². The summed E-state index contributed by atoms with van der Waals surface area (Å²) in [4.78, 5) is 41.5. The number of nitrogens with one attached hydrogen (secondary N) is 1. The zero-order valence-electron chi connectivity index (χ0n) is 32.3. The predicted molar refractivity (Wildman–Crippen MR) is 205 cm³/mol. The fraction of sp³-hybridized carbons (Fsp3) is 0.925. The molecule has 1 aliphatic heterocycles. The Morgan fingerprint density at radius 1 is 0.776 bits per heavy atom. The zero-order chi connectivity index (χ0) is 35.8. The third kappa shape index (κ3) is 26.2. The molecule has 288 valence electrons. The van der Waals surface area contributed by atoms with Crippen molar-refractivity contribution in [2.45, 2.75) is 169 Å². The molecular formula is C40H76N2O6S. The molecule has 1 rings (SSSR count). The first kappa shape index (κ1) is 45.7. The van der Waals surface area contributed by atoms with Crippen molar-refractivity contribution in [3.8, 4) is 0 Å². The molecule has 49 heavy (non-hydrogen) atoms. The van der Waals surface area contributed by atoms with Crippen LogP contribution in [0.15, 0.2) is 0 Å². The van der Waals surface area contributed by atoms with Gasteiger partial charge in [-0.3, -0.25) is 19.3 Å². The number of ether oxygens (including phenoxy) is 3. The summed E-state index contributed by atoms with van der Waals surface area (Å²) in [6.07, 6.45) is 21.9. The van der Waals surface area contributed by atoms with Crippen molar-refractivity contribution >= 4 is 29.6 Å². The Morgan fingerprint density at radius 2 is 1.39 bits per heavy atom. The number of thioether (sulfide) groups is 1. The Bertz CT molecular complexity index is 794. The molecule has 1 amide bonds. The highest BCUT2D eigenvalue weighted by molar-refractivity contribution is 7.99. The highest BCUT2D eigenvalue weighted by Crippen LogP contribution is 2.22. The average Bonchev–Trinajstić information content (AvgIpc) is 3.11. The standard InChI is InChI=1S/C40H76N2O6S/c1-5-9-12-14-16-18-22-37(23-19-17-15-13-10-6-2)48-40(45)36(32-38(43)41-25-20-26-42-27-29-46-30-28-42)34-49-31-24-39(44)47-33-35(8-4)21-11-7-3/h35-37H,5-34H2,1-4H3,(H,41,43). The predicted octanol–water partition coefficient (Wildman–Crippen LogP) is 9.13. The van der Waals surface area contributed by atoms with E-state index in [4.69, 9.17) is 14.2 Å². The lowest BCUT2D eigenvalue weighted by Crippen LogP contribution is -2.38. The fourth-order valence-electron chi connectivity index (χ4n) is 6.25. The number of hydrogen-bond donors (Lipinski definition) is 1. The molecule has 2 unspecified atom stereocenters. The molecule has 0 aromatic heterocycles. The van der Waals surface area contributed by atoms with Crippen LogP contribution in [0.5, 0.6) is 0 Å². The Hall–Kier alpha value is -1.32. The van der Waals surface area contributed by atoms with E-state index in [0.29, 0.717) is 37.0 Å². The van der Waals surface area contributed by atoms with E-state index in [-0.39, 0.29) is 30.4 Å². The maximum Gasteiger partial charge on any atom is 0.310 e. The number of esters is 2. The SMILES string of the molecule is CCCCCCCCC(CCCCCCCC)OC(=O)C(CSCCC(=O)OCC(CC)CCCC)CC(=O)NCCCN1CCOCC1. The number of hydrogen-bond acceptors (Lipinski definition) is 8. The van der Waals surface area contributed by atoms with Crippen molar-refractivity contribution in [1.29, 1.82) is 0 Å². The van der Waals surface area contributed by atoms with Crippen LogP contribution in [0.1, 0.15) is 163 Å². The van der Waals surface area contributed by atoms with Gasteiger partial charge in [0.15, 0.2) is 0 Å². The van der Waals surface area contributed by atoms with Crippen LogP contribution in [0, 0.1) is 11.8 Å².